The normalized spacial score (nSPS) is 23.1. The number of benzene rings is 1. The molecular formula is C29H34N6O5. The van der Waals surface area contributed by atoms with Gasteiger partial charge >= 0.3 is 12.1 Å². The van der Waals surface area contributed by atoms with Crippen molar-refractivity contribution in [3.63, 3.8) is 0 Å². The van der Waals surface area contributed by atoms with Crippen molar-refractivity contribution >= 4 is 35.2 Å². The molecule has 7 rings (SSSR count). The van der Waals surface area contributed by atoms with Crippen LogP contribution in [0.3, 0.4) is 0 Å². The molecule has 0 aliphatic carbocycles. The summed E-state index contributed by atoms with van der Waals surface area (Å²) in [7, 11) is 1.59. The number of hydrogen-bond donors (Lipinski definition) is 1. The number of imide groups is 1. The molecule has 0 spiro atoms. The van der Waals surface area contributed by atoms with Crippen LogP contribution >= 0.6 is 0 Å². The third kappa shape index (κ3) is 3.86. The maximum atomic E-state index is 13.6. The zero-order chi connectivity index (χ0) is 28.4. The fourth-order valence-corrected chi connectivity index (χ4v) is 6.57. The van der Waals surface area contributed by atoms with Crippen molar-refractivity contribution in [1.29, 1.82) is 0 Å². The van der Waals surface area contributed by atoms with E-state index >= 15 is 0 Å². The van der Waals surface area contributed by atoms with Crippen molar-refractivity contribution in [1.82, 2.24) is 19.2 Å². The van der Waals surface area contributed by atoms with E-state index in [2.05, 4.69) is 25.7 Å². The molecule has 2 unspecified atom stereocenters. The molecule has 4 fully saturated rings. The van der Waals surface area contributed by atoms with Gasteiger partial charge in [-0.25, -0.2) is 14.6 Å². The Labute approximate surface area is 232 Å². The Kier molecular flexibility index (Phi) is 5.93. The second-order valence-electron chi connectivity index (χ2n) is 11.9. The van der Waals surface area contributed by atoms with E-state index in [1.807, 2.05) is 47.0 Å². The van der Waals surface area contributed by atoms with Crippen molar-refractivity contribution < 1.29 is 24.2 Å². The molecule has 2 bridgehead atoms. The lowest BCUT2D eigenvalue weighted by molar-refractivity contribution is -0.129. The molecule has 6 heterocycles. The lowest BCUT2D eigenvalue weighted by Gasteiger charge is -2.68. The van der Waals surface area contributed by atoms with Crippen LogP contribution in [0.15, 0.2) is 48.8 Å². The van der Waals surface area contributed by atoms with E-state index in [1.165, 1.54) is 4.90 Å². The third-order valence-corrected chi connectivity index (χ3v) is 8.81. The number of imidazole rings is 1. The van der Waals surface area contributed by atoms with Crippen molar-refractivity contribution in [2.45, 2.75) is 51.7 Å². The number of aromatic nitrogens is 2. The van der Waals surface area contributed by atoms with Crippen LogP contribution in [0.2, 0.25) is 0 Å². The van der Waals surface area contributed by atoms with E-state index in [1.54, 1.807) is 23.1 Å². The minimum Gasteiger partial charge on any atom is -0.497 e. The highest BCUT2D eigenvalue weighted by Crippen LogP contribution is 2.53. The summed E-state index contributed by atoms with van der Waals surface area (Å²) >= 11 is 0. The van der Waals surface area contributed by atoms with E-state index in [4.69, 9.17) is 9.72 Å². The lowest BCUT2D eigenvalue weighted by Crippen LogP contribution is -2.82. The Morgan fingerprint density at radius 3 is 2.60 bits per heavy atom. The van der Waals surface area contributed by atoms with Gasteiger partial charge in [0.05, 0.1) is 37.1 Å². The molecule has 4 amide bonds. The van der Waals surface area contributed by atoms with Crippen LogP contribution in [-0.4, -0.2) is 80.6 Å². The maximum Gasteiger partial charge on any atom is 0.408 e. The van der Waals surface area contributed by atoms with E-state index in [9.17, 15) is 19.5 Å². The Morgan fingerprint density at radius 1 is 1.18 bits per heavy atom. The summed E-state index contributed by atoms with van der Waals surface area (Å²) in [5, 5.41) is 9.95. The zero-order valence-corrected chi connectivity index (χ0v) is 23.2. The number of carbonyl (C=O) groups is 3. The van der Waals surface area contributed by atoms with Crippen molar-refractivity contribution in [3.8, 4) is 5.75 Å². The Hall–Kier alpha value is -4.28. The predicted octanol–water partition coefficient (Wildman–Crippen LogP) is 4.06. The van der Waals surface area contributed by atoms with Gasteiger partial charge in [-0.1, -0.05) is 32.9 Å². The molecule has 11 heteroatoms. The predicted molar refractivity (Wildman–Crippen MR) is 149 cm³/mol. The Morgan fingerprint density at radius 2 is 1.93 bits per heavy atom. The number of carboxylic acid groups (broad SMARTS) is 1. The van der Waals surface area contributed by atoms with Gasteiger partial charge in [0.25, 0.3) is 0 Å². The Balaban J connectivity index is 1.29. The maximum absolute atomic E-state index is 13.6. The van der Waals surface area contributed by atoms with Gasteiger partial charge < -0.3 is 14.7 Å². The molecule has 40 heavy (non-hydrogen) atoms. The van der Waals surface area contributed by atoms with E-state index < -0.39 is 11.6 Å². The number of urea groups is 1. The number of amides is 4. The molecule has 2 aromatic heterocycles. The third-order valence-electron chi connectivity index (χ3n) is 8.81. The molecule has 4 saturated heterocycles. The van der Waals surface area contributed by atoms with E-state index in [0.29, 0.717) is 30.3 Å². The molecule has 1 N–H and O–H groups in total. The zero-order valence-electron chi connectivity index (χ0n) is 23.2. The van der Waals surface area contributed by atoms with Crippen LogP contribution in [0.5, 0.6) is 5.75 Å². The number of hydrogen-bond acceptors (Lipinski definition) is 6. The summed E-state index contributed by atoms with van der Waals surface area (Å²) in [6, 6.07) is 10.8. The van der Waals surface area contributed by atoms with Gasteiger partial charge in [-0.2, -0.15) is 0 Å². The van der Waals surface area contributed by atoms with Gasteiger partial charge in [-0.15, -0.1) is 0 Å². The van der Waals surface area contributed by atoms with E-state index in [-0.39, 0.29) is 42.9 Å². The molecular weight excluding hydrogens is 512 g/mol. The second kappa shape index (κ2) is 9.14. The average molecular weight is 547 g/mol. The molecule has 0 radical (unpaired) electrons. The molecule has 2 atom stereocenters. The van der Waals surface area contributed by atoms with E-state index in [0.717, 1.165) is 17.7 Å². The number of rotatable bonds is 5. The van der Waals surface area contributed by atoms with Crippen LogP contribution in [0.25, 0.3) is 5.65 Å². The highest BCUT2D eigenvalue weighted by molar-refractivity contribution is 6.05. The van der Waals surface area contributed by atoms with Gasteiger partial charge in [0.15, 0.2) is 5.65 Å². The van der Waals surface area contributed by atoms with Gasteiger partial charge in [0.2, 0.25) is 5.91 Å². The molecule has 1 aromatic carbocycles. The monoisotopic (exact) mass is 546 g/mol. The summed E-state index contributed by atoms with van der Waals surface area (Å²) < 4.78 is 7.09. The first kappa shape index (κ1) is 26.0. The number of fused-ring (bicyclic) bond motifs is 3. The highest BCUT2D eigenvalue weighted by Gasteiger charge is 2.64. The van der Waals surface area contributed by atoms with Crippen molar-refractivity contribution in [3.05, 3.63) is 54.4 Å². The SMILES string of the molecule is COc1ccc(CN2C(=O)CCN(c3cnc4c(N5CC6CC(C(C)(C)C)(C5)N6C(=O)O)cccn34)C2=O)cc1. The second-order valence-corrected chi connectivity index (χ2v) is 11.9. The van der Waals surface area contributed by atoms with Crippen LogP contribution < -0.4 is 14.5 Å². The van der Waals surface area contributed by atoms with Crippen LogP contribution in [0.1, 0.15) is 39.2 Å². The fourth-order valence-electron chi connectivity index (χ4n) is 6.57. The Bertz CT molecular complexity index is 1490. The molecule has 210 valence electrons. The van der Waals surface area contributed by atoms with Gasteiger partial charge in [-0.05, 0) is 41.7 Å². The number of piperazine rings is 1. The first-order valence-electron chi connectivity index (χ1n) is 13.5. The largest absolute Gasteiger partial charge is 0.497 e. The first-order chi connectivity index (χ1) is 19.0. The average Bonchev–Trinajstić information content (AvgIpc) is 3.34. The topological polar surface area (TPSA) is 111 Å². The van der Waals surface area contributed by atoms with Crippen molar-refractivity contribution in [2.75, 3.05) is 36.5 Å². The van der Waals surface area contributed by atoms with Crippen LogP contribution in [0.4, 0.5) is 21.1 Å². The number of pyridine rings is 1. The van der Waals surface area contributed by atoms with Gasteiger partial charge in [-0.3, -0.25) is 23.9 Å². The fraction of sp³-hybridized carbons (Fsp3) is 0.448. The molecule has 0 saturated carbocycles. The molecule has 11 nitrogen and oxygen atoms in total. The minimum atomic E-state index is -0.871. The number of nitrogens with zero attached hydrogens (tertiary/aromatic N) is 6. The smallest absolute Gasteiger partial charge is 0.408 e. The molecule has 4 aliphatic heterocycles. The summed E-state index contributed by atoms with van der Waals surface area (Å²) in [6.07, 6.45) is 3.71. The quantitative estimate of drug-likeness (QED) is 0.514. The van der Waals surface area contributed by atoms with Crippen LogP contribution in [-0.2, 0) is 11.3 Å². The van der Waals surface area contributed by atoms with Crippen molar-refractivity contribution in [2.24, 2.45) is 5.41 Å². The number of ether oxygens (including phenoxy) is 1. The number of methoxy groups -OCH3 is 1. The standard InChI is InChI=1S/C29H34N6O5/c1-28(2,3)29-14-20(35(29)27(38)39)17-31(18-29)22-6-5-12-32-23(15-30-25(22)32)33-13-11-24(36)34(26(33)37)16-19-7-9-21(40-4)10-8-19/h5-10,12,15,20H,11,13-14,16-18H2,1-4H3,(H,38,39). The minimum absolute atomic E-state index is 0.0821. The summed E-state index contributed by atoms with van der Waals surface area (Å²) in [5.41, 5.74) is 1.68. The lowest BCUT2D eigenvalue weighted by atomic mass is 9.60. The summed E-state index contributed by atoms with van der Waals surface area (Å²) in [6.45, 7) is 7.87. The summed E-state index contributed by atoms with van der Waals surface area (Å²) in [4.78, 5) is 49.9. The van der Waals surface area contributed by atoms with Gasteiger partial charge in [0.1, 0.15) is 11.6 Å². The molecule has 4 aliphatic rings. The number of carbonyl (C=O) groups excluding carboxylic acids is 2. The highest BCUT2D eigenvalue weighted by atomic mass is 16.5. The number of anilines is 2. The summed E-state index contributed by atoms with van der Waals surface area (Å²) in [5.74, 6) is 1.09. The number of piperidine rings is 1. The van der Waals surface area contributed by atoms with Crippen LogP contribution in [0, 0.1) is 5.41 Å². The first-order valence-corrected chi connectivity index (χ1v) is 13.5. The van der Waals surface area contributed by atoms with Gasteiger partial charge in [0, 0.05) is 32.3 Å². The molecule has 3 aromatic rings.